The van der Waals surface area contributed by atoms with Crippen molar-refractivity contribution in [1.29, 1.82) is 0 Å². The van der Waals surface area contributed by atoms with Crippen molar-refractivity contribution in [1.82, 2.24) is 9.88 Å². The summed E-state index contributed by atoms with van der Waals surface area (Å²) in [4.78, 5) is 29.6. The number of aromatic nitrogens is 1. The molecule has 0 bridgehead atoms. The number of benzene rings is 2. The fraction of sp³-hybridized carbons (Fsp3) is 0.273. The minimum Gasteiger partial charge on any atom is -0.497 e. The molecule has 2 amide bonds. The van der Waals surface area contributed by atoms with Crippen molar-refractivity contribution in [2.45, 2.75) is 12.8 Å². The maximum atomic E-state index is 12.6. The van der Waals surface area contributed by atoms with E-state index < -0.39 is 0 Å². The first kappa shape index (κ1) is 18.9. The number of likely N-dealkylation sites (tertiary alicyclic amines) is 1. The van der Waals surface area contributed by atoms with Crippen molar-refractivity contribution < 1.29 is 19.1 Å². The van der Waals surface area contributed by atoms with Crippen LogP contribution in [0, 0.1) is 0 Å². The summed E-state index contributed by atoms with van der Waals surface area (Å²) in [5.74, 6) is 0.993. The summed E-state index contributed by atoms with van der Waals surface area (Å²) in [6, 6.07) is 14.4. The molecule has 1 aromatic heterocycles. The monoisotopic (exact) mass is 393 g/mol. The predicted octanol–water partition coefficient (Wildman–Crippen LogP) is 3.43. The highest BCUT2D eigenvalue weighted by Crippen LogP contribution is 2.23. The summed E-state index contributed by atoms with van der Waals surface area (Å²) in [6.07, 6.45) is 2.10. The summed E-state index contributed by atoms with van der Waals surface area (Å²) in [5, 5.41) is 3.78. The number of H-pyrrole nitrogens is 1. The number of carbonyl (C=O) groups is 2. The molecule has 1 fully saturated rings. The number of hydrogen-bond acceptors (Lipinski definition) is 4. The van der Waals surface area contributed by atoms with Gasteiger partial charge in [0.05, 0.1) is 7.11 Å². The van der Waals surface area contributed by atoms with Gasteiger partial charge in [0, 0.05) is 41.8 Å². The van der Waals surface area contributed by atoms with Crippen LogP contribution in [0.15, 0.2) is 48.5 Å². The van der Waals surface area contributed by atoms with E-state index in [0.29, 0.717) is 17.1 Å². The standard InChI is InChI=1S/C22H23N3O4/c1-28-17-8-7-15-11-20(24-19(15)13-17)22(27)23-16-5-4-6-18(12-16)29-14-21(26)25-9-2-3-10-25/h4-8,11-13,24H,2-3,9-10,14H2,1H3,(H,23,27). The molecule has 0 spiro atoms. The maximum absolute atomic E-state index is 12.6. The van der Waals surface area contributed by atoms with E-state index in [1.807, 2.05) is 23.1 Å². The van der Waals surface area contributed by atoms with Crippen LogP contribution in [0.1, 0.15) is 23.3 Å². The van der Waals surface area contributed by atoms with Crippen molar-refractivity contribution in [3.63, 3.8) is 0 Å². The third-order valence-electron chi connectivity index (χ3n) is 4.99. The lowest BCUT2D eigenvalue weighted by molar-refractivity contribution is -0.132. The van der Waals surface area contributed by atoms with Gasteiger partial charge in [-0.1, -0.05) is 6.07 Å². The Bertz CT molecular complexity index is 1040. The molecule has 1 aliphatic heterocycles. The number of hydrogen-bond donors (Lipinski definition) is 2. The Labute approximate surface area is 168 Å². The van der Waals surface area contributed by atoms with E-state index >= 15 is 0 Å². The van der Waals surface area contributed by atoms with Gasteiger partial charge in [-0.15, -0.1) is 0 Å². The minimum absolute atomic E-state index is 0.00124. The lowest BCUT2D eigenvalue weighted by Gasteiger charge is -2.15. The van der Waals surface area contributed by atoms with Crippen LogP contribution < -0.4 is 14.8 Å². The molecule has 0 saturated carbocycles. The molecule has 0 radical (unpaired) electrons. The number of nitrogens with zero attached hydrogens (tertiary/aromatic N) is 1. The number of anilines is 1. The summed E-state index contributed by atoms with van der Waals surface area (Å²) < 4.78 is 10.8. The molecule has 0 aliphatic carbocycles. The smallest absolute Gasteiger partial charge is 0.272 e. The Morgan fingerprint density at radius 2 is 1.90 bits per heavy atom. The summed E-state index contributed by atoms with van der Waals surface area (Å²) in [6.45, 7) is 1.60. The van der Waals surface area contributed by atoms with Gasteiger partial charge < -0.3 is 24.7 Å². The van der Waals surface area contributed by atoms with E-state index in [1.165, 1.54) is 0 Å². The summed E-state index contributed by atoms with van der Waals surface area (Å²) in [5.41, 5.74) is 1.87. The number of ether oxygens (including phenoxy) is 2. The van der Waals surface area contributed by atoms with Gasteiger partial charge in [0.25, 0.3) is 11.8 Å². The number of aromatic amines is 1. The van der Waals surface area contributed by atoms with Crippen molar-refractivity contribution in [3.8, 4) is 11.5 Å². The second-order valence-electron chi connectivity index (χ2n) is 6.99. The Balaban J connectivity index is 1.40. The molecule has 3 aromatic rings. The zero-order valence-electron chi connectivity index (χ0n) is 16.2. The van der Waals surface area contributed by atoms with Crippen LogP contribution in [0.25, 0.3) is 10.9 Å². The Morgan fingerprint density at radius 3 is 2.69 bits per heavy atom. The zero-order valence-corrected chi connectivity index (χ0v) is 16.2. The van der Waals surface area contributed by atoms with E-state index in [1.54, 1.807) is 37.4 Å². The maximum Gasteiger partial charge on any atom is 0.272 e. The van der Waals surface area contributed by atoms with Crippen LogP contribution >= 0.6 is 0 Å². The van der Waals surface area contributed by atoms with Gasteiger partial charge in [-0.25, -0.2) is 0 Å². The van der Waals surface area contributed by atoms with Crippen LogP contribution in [-0.2, 0) is 4.79 Å². The second-order valence-corrected chi connectivity index (χ2v) is 6.99. The number of fused-ring (bicyclic) bond motifs is 1. The molecule has 2 aromatic carbocycles. The van der Waals surface area contributed by atoms with Crippen LogP contribution in [-0.4, -0.2) is 48.5 Å². The van der Waals surface area contributed by atoms with Gasteiger partial charge in [0.1, 0.15) is 17.2 Å². The quantitative estimate of drug-likeness (QED) is 0.672. The van der Waals surface area contributed by atoms with E-state index in [0.717, 1.165) is 42.6 Å². The molecular formula is C22H23N3O4. The van der Waals surface area contributed by atoms with Crippen LogP contribution in [0.3, 0.4) is 0 Å². The van der Waals surface area contributed by atoms with Crippen LogP contribution in [0.4, 0.5) is 5.69 Å². The second kappa shape index (κ2) is 8.26. The number of nitrogens with one attached hydrogen (secondary N) is 2. The highest BCUT2D eigenvalue weighted by molar-refractivity contribution is 6.06. The number of methoxy groups -OCH3 is 1. The Hall–Kier alpha value is -3.48. The zero-order chi connectivity index (χ0) is 20.2. The van der Waals surface area contributed by atoms with Gasteiger partial charge in [-0.05, 0) is 43.2 Å². The van der Waals surface area contributed by atoms with Gasteiger partial charge >= 0.3 is 0 Å². The van der Waals surface area contributed by atoms with E-state index in [9.17, 15) is 9.59 Å². The highest BCUT2D eigenvalue weighted by atomic mass is 16.5. The summed E-state index contributed by atoms with van der Waals surface area (Å²) in [7, 11) is 1.60. The molecule has 29 heavy (non-hydrogen) atoms. The van der Waals surface area contributed by atoms with Crippen LogP contribution in [0.5, 0.6) is 11.5 Å². The number of rotatable bonds is 6. The average Bonchev–Trinajstić information content (AvgIpc) is 3.41. The van der Waals surface area contributed by atoms with Gasteiger partial charge in [-0.2, -0.15) is 0 Å². The topological polar surface area (TPSA) is 83.7 Å². The fourth-order valence-electron chi connectivity index (χ4n) is 3.42. The first-order valence-corrected chi connectivity index (χ1v) is 9.61. The first-order chi connectivity index (χ1) is 14.1. The van der Waals surface area contributed by atoms with Crippen molar-refractivity contribution in [3.05, 3.63) is 54.2 Å². The Morgan fingerprint density at radius 1 is 1.07 bits per heavy atom. The third-order valence-corrected chi connectivity index (χ3v) is 4.99. The molecule has 0 unspecified atom stereocenters. The normalized spacial score (nSPS) is 13.5. The molecule has 0 atom stereocenters. The first-order valence-electron chi connectivity index (χ1n) is 9.61. The van der Waals surface area contributed by atoms with E-state index in [2.05, 4.69) is 10.3 Å². The van der Waals surface area contributed by atoms with E-state index in [4.69, 9.17) is 9.47 Å². The third kappa shape index (κ3) is 4.34. The molecule has 2 N–H and O–H groups in total. The molecule has 1 saturated heterocycles. The minimum atomic E-state index is -0.259. The molecule has 7 nitrogen and oxygen atoms in total. The van der Waals surface area contributed by atoms with Gasteiger partial charge in [0.15, 0.2) is 6.61 Å². The van der Waals surface area contributed by atoms with Crippen molar-refractivity contribution >= 4 is 28.4 Å². The number of carbonyl (C=O) groups excluding carboxylic acids is 2. The predicted molar refractivity (Wildman–Crippen MR) is 111 cm³/mol. The number of amides is 2. The summed E-state index contributed by atoms with van der Waals surface area (Å²) >= 11 is 0. The van der Waals surface area contributed by atoms with Gasteiger partial charge in [0.2, 0.25) is 0 Å². The molecule has 2 heterocycles. The van der Waals surface area contributed by atoms with Gasteiger partial charge in [-0.3, -0.25) is 9.59 Å². The van der Waals surface area contributed by atoms with E-state index in [-0.39, 0.29) is 18.4 Å². The molecule has 1 aliphatic rings. The largest absolute Gasteiger partial charge is 0.497 e. The molecule has 4 rings (SSSR count). The Kier molecular flexibility index (Phi) is 5.37. The highest BCUT2D eigenvalue weighted by Gasteiger charge is 2.18. The molecule has 150 valence electrons. The van der Waals surface area contributed by atoms with Crippen molar-refractivity contribution in [2.75, 3.05) is 32.1 Å². The fourth-order valence-corrected chi connectivity index (χ4v) is 3.42. The SMILES string of the molecule is COc1ccc2cc(C(=O)Nc3cccc(OCC(=O)N4CCCC4)c3)[nH]c2c1. The molecular weight excluding hydrogens is 370 g/mol. The van der Waals surface area contributed by atoms with Crippen LogP contribution in [0.2, 0.25) is 0 Å². The average molecular weight is 393 g/mol. The molecule has 7 heteroatoms. The van der Waals surface area contributed by atoms with Crippen molar-refractivity contribution in [2.24, 2.45) is 0 Å². The lowest BCUT2D eigenvalue weighted by Crippen LogP contribution is -2.32. The lowest BCUT2D eigenvalue weighted by atomic mass is 10.2.